The van der Waals surface area contributed by atoms with Crippen molar-refractivity contribution in [1.82, 2.24) is 5.32 Å². The molecule has 0 heterocycles. The van der Waals surface area contributed by atoms with Crippen LogP contribution in [-0.2, 0) is 11.2 Å². The zero-order chi connectivity index (χ0) is 13.5. The zero-order valence-electron chi connectivity index (χ0n) is 11.3. The molecule has 1 fully saturated rings. The van der Waals surface area contributed by atoms with Gasteiger partial charge in [0.2, 0.25) is 5.91 Å². The molecule has 1 saturated carbocycles. The van der Waals surface area contributed by atoms with Gasteiger partial charge in [-0.05, 0) is 43.6 Å². The Balaban J connectivity index is 1.62. The Morgan fingerprint density at radius 2 is 1.84 bits per heavy atom. The van der Waals surface area contributed by atoms with E-state index in [-0.39, 0.29) is 12.0 Å². The van der Waals surface area contributed by atoms with Gasteiger partial charge in [0.25, 0.3) is 0 Å². The number of benzene rings is 1. The number of hydrogen-bond acceptors (Lipinski definition) is 2. The Morgan fingerprint density at radius 3 is 2.53 bits per heavy atom. The number of aliphatic hydroxyl groups is 1. The minimum absolute atomic E-state index is 0.120. The van der Waals surface area contributed by atoms with Crippen molar-refractivity contribution in [3.05, 3.63) is 35.9 Å². The van der Waals surface area contributed by atoms with Crippen LogP contribution in [0.1, 0.15) is 37.7 Å². The van der Waals surface area contributed by atoms with Crippen LogP contribution in [0.5, 0.6) is 0 Å². The van der Waals surface area contributed by atoms with E-state index >= 15 is 0 Å². The summed E-state index contributed by atoms with van der Waals surface area (Å²) in [7, 11) is 0. The van der Waals surface area contributed by atoms with Crippen LogP contribution in [0.3, 0.4) is 0 Å². The molecule has 0 unspecified atom stereocenters. The number of carbonyl (C=O) groups excluding carboxylic acids is 1. The first kappa shape index (κ1) is 14.1. The lowest BCUT2D eigenvalue weighted by molar-refractivity contribution is -0.121. The van der Waals surface area contributed by atoms with Crippen molar-refractivity contribution in [3.63, 3.8) is 0 Å². The monoisotopic (exact) mass is 261 g/mol. The summed E-state index contributed by atoms with van der Waals surface area (Å²) in [6, 6.07) is 10.1. The molecule has 2 rings (SSSR count). The van der Waals surface area contributed by atoms with Crippen LogP contribution >= 0.6 is 0 Å². The van der Waals surface area contributed by atoms with Crippen molar-refractivity contribution in [2.24, 2.45) is 5.92 Å². The van der Waals surface area contributed by atoms with E-state index in [1.54, 1.807) is 0 Å². The van der Waals surface area contributed by atoms with Gasteiger partial charge in [-0.3, -0.25) is 4.79 Å². The second-order valence-corrected chi connectivity index (χ2v) is 5.46. The van der Waals surface area contributed by atoms with Crippen molar-refractivity contribution < 1.29 is 9.90 Å². The number of aryl methyl sites for hydroxylation is 1. The van der Waals surface area contributed by atoms with Crippen LogP contribution < -0.4 is 5.32 Å². The van der Waals surface area contributed by atoms with E-state index < -0.39 is 0 Å². The summed E-state index contributed by atoms with van der Waals surface area (Å²) in [6.45, 7) is 0.764. The van der Waals surface area contributed by atoms with E-state index in [1.165, 1.54) is 5.56 Å². The van der Waals surface area contributed by atoms with E-state index in [1.807, 2.05) is 18.2 Å². The van der Waals surface area contributed by atoms with E-state index in [0.29, 0.717) is 12.3 Å². The molecule has 1 amide bonds. The fourth-order valence-electron chi connectivity index (χ4n) is 2.60. The maximum Gasteiger partial charge on any atom is 0.220 e. The van der Waals surface area contributed by atoms with E-state index in [2.05, 4.69) is 17.4 Å². The molecule has 0 bridgehead atoms. The summed E-state index contributed by atoms with van der Waals surface area (Å²) in [5.74, 6) is 0.680. The molecule has 1 aliphatic rings. The molecule has 0 spiro atoms. The molecule has 2 N–H and O–H groups in total. The fourth-order valence-corrected chi connectivity index (χ4v) is 2.60. The number of aliphatic hydroxyl groups excluding tert-OH is 1. The standard InChI is InChI=1S/C16H23NO2/c18-15-9-6-14(7-10-15)12-17-16(19)11-8-13-4-2-1-3-5-13/h1-5,14-15,18H,6-12H2,(H,17,19). The van der Waals surface area contributed by atoms with Crippen LogP contribution in [0.25, 0.3) is 0 Å². The second-order valence-electron chi connectivity index (χ2n) is 5.46. The predicted octanol–water partition coefficient (Wildman–Crippen LogP) is 2.29. The lowest BCUT2D eigenvalue weighted by Crippen LogP contribution is -2.32. The first-order chi connectivity index (χ1) is 9.24. The third-order valence-electron chi connectivity index (χ3n) is 3.89. The normalized spacial score (nSPS) is 23.0. The zero-order valence-corrected chi connectivity index (χ0v) is 11.3. The third-order valence-corrected chi connectivity index (χ3v) is 3.89. The van der Waals surface area contributed by atoms with Gasteiger partial charge in [0.05, 0.1) is 6.10 Å². The minimum Gasteiger partial charge on any atom is -0.393 e. The lowest BCUT2D eigenvalue weighted by atomic mass is 9.87. The predicted molar refractivity (Wildman–Crippen MR) is 75.7 cm³/mol. The highest BCUT2D eigenvalue weighted by atomic mass is 16.3. The van der Waals surface area contributed by atoms with E-state index in [0.717, 1.165) is 38.6 Å². The van der Waals surface area contributed by atoms with Gasteiger partial charge in [-0.25, -0.2) is 0 Å². The van der Waals surface area contributed by atoms with Crippen molar-refractivity contribution in [2.75, 3.05) is 6.54 Å². The van der Waals surface area contributed by atoms with Crippen LogP contribution in [-0.4, -0.2) is 23.7 Å². The van der Waals surface area contributed by atoms with Gasteiger partial charge in [-0.2, -0.15) is 0 Å². The van der Waals surface area contributed by atoms with Gasteiger partial charge in [-0.1, -0.05) is 30.3 Å². The Kier molecular flexibility index (Phi) is 5.40. The van der Waals surface area contributed by atoms with Crippen molar-refractivity contribution in [1.29, 1.82) is 0 Å². The average molecular weight is 261 g/mol. The van der Waals surface area contributed by atoms with Crippen LogP contribution in [0.4, 0.5) is 0 Å². The number of amides is 1. The molecule has 3 heteroatoms. The maximum atomic E-state index is 11.8. The largest absolute Gasteiger partial charge is 0.393 e. The highest BCUT2D eigenvalue weighted by Gasteiger charge is 2.19. The highest BCUT2D eigenvalue weighted by Crippen LogP contribution is 2.23. The van der Waals surface area contributed by atoms with E-state index in [4.69, 9.17) is 0 Å². The Morgan fingerprint density at radius 1 is 1.16 bits per heavy atom. The SMILES string of the molecule is O=C(CCc1ccccc1)NCC1CCC(O)CC1. The van der Waals surface area contributed by atoms with Gasteiger partial charge < -0.3 is 10.4 Å². The quantitative estimate of drug-likeness (QED) is 0.854. The number of hydrogen-bond donors (Lipinski definition) is 2. The molecule has 0 aromatic heterocycles. The van der Waals surface area contributed by atoms with Gasteiger partial charge in [-0.15, -0.1) is 0 Å². The summed E-state index contributed by atoms with van der Waals surface area (Å²) in [5, 5.41) is 12.4. The van der Waals surface area contributed by atoms with Crippen LogP contribution in [0.15, 0.2) is 30.3 Å². The smallest absolute Gasteiger partial charge is 0.220 e. The van der Waals surface area contributed by atoms with Gasteiger partial charge in [0, 0.05) is 13.0 Å². The van der Waals surface area contributed by atoms with Crippen LogP contribution in [0.2, 0.25) is 0 Å². The second kappa shape index (κ2) is 7.29. The summed E-state index contributed by atoms with van der Waals surface area (Å²) in [6.07, 6.45) is 5.05. The Bertz CT molecular complexity index is 383. The first-order valence-corrected chi connectivity index (χ1v) is 7.22. The molecule has 1 aromatic rings. The number of carbonyl (C=O) groups is 1. The molecule has 0 radical (unpaired) electrons. The fraction of sp³-hybridized carbons (Fsp3) is 0.562. The highest BCUT2D eigenvalue weighted by molar-refractivity contribution is 5.76. The van der Waals surface area contributed by atoms with Crippen molar-refractivity contribution >= 4 is 5.91 Å². The van der Waals surface area contributed by atoms with Crippen LogP contribution in [0, 0.1) is 5.92 Å². The molecule has 0 saturated heterocycles. The minimum atomic E-state index is -0.120. The topological polar surface area (TPSA) is 49.3 Å². The third kappa shape index (κ3) is 5.03. The molecule has 19 heavy (non-hydrogen) atoms. The molecule has 3 nitrogen and oxygen atoms in total. The molecule has 1 aromatic carbocycles. The molecule has 0 aliphatic heterocycles. The summed E-state index contributed by atoms with van der Waals surface area (Å²) >= 11 is 0. The first-order valence-electron chi connectivity index (χ1n) is 7.22. The molecule has 0 atom stereocenters. The molecule has 104 valence electrons. The summed E-state index contributed by atoms with van der Waals surface area (Å²) in [5.41, 5.74) is 1.21. The van der Waals surface area contributed by atoms with Gasteiger partial charge in [0.1, 0.15) is 0 Å². The lowest BCUT2D eigenvalue weighted by Gasteiger charge is -2.25. The maximum absolute atomic E-state index is 11.8. The van der Waals surface area contributed by atoms with Gasteiger partial charge in [0.15, 0.2) is 0 Å². The van der Waals surface area contributed by atoms with Gasteiger partial charge >= 0.3 is 0 Å². The molecular formula is C16H23NO2. The molecule has 1 aliphatic carbocycles. The summed E-state index contributed by atoms with van der Waals surface area (Å²) < 4.78 is 0. The number of nitrogens with one attached hydrogen (secondary N) is 1. The average Bonchev–Trinajstić information content (AvgIpc) is 2.45. The Hall–Kier alpha value is -1.35. The summed E-state index contributed by atoms with van der Waals surface area (Å²) in [4.78, 5) is 11.8. The Labute approximate surface area is 115 Å². The number of rotatable bonds is 5. The van der Waals surface area contributed by atoms with Crippen molar-refractivity contribution in [3.8, 4) is 0 Å². The van der Waals surface area contributed by atoms with E-state index in [9.17, 15) is 9.90 Å². The van der Waals surface area contributed by atoms with Crippen molar-refractivity contribution in [2.45, 2.75) is 44.6 Å². The molecular weight excluding hydrogens is 238 g/mol.